The van der Waals surface area contributed by atoms with Gasteiger partial charge in [-0.15, -0.1) is 0 Å². The number of ether oxygens (including phenoxy) is 1. The van der Waals surface area contributed by atoms with Crippen molar-refractivity contribution in [1.29, 1.82) is 0 Å². The van der Waals surface area contributed by atoms with Crippen LogP contribution in [0.3, 0.4) is 0 Å². The molecule has 0 saturated carbocycles. The van der Waals surface area contributed by atoms with Gasteiger partial charge in [0.25, 0.3) is 0 Å². The number of unbranched alkanes of at least 4 members (excludes halogenated alkanes) is 1. The van der Waals surface area contributed by atoms with Crippen molar-refractivity contribution in [2.24, 2.45) is 5.41 Å². The second kappa shape index (κ2) is 10.3. The molecule has 202 valence electrons. The molecule has 0 aliphatic carbocycles. The number of benzene rings is 2. The summed E-state index contributed by atoms with van der Waals surface area (Å²) in [4.78, 5) is 1.53. The maximum absolute atomic E-state index is 13.7. The van der Waals surface area contributed by atoms with Crippen LogP contribution in [-0.2, 0) is 10.1 Å². The molecule has 13 heteroatoms. The fourth-order valence-electron chi connectivity index (χ4n) is 4.31. The van der Waals surface area contributed by atoms with Gasteiger partial charge in [0.05, 0.1) is 17.7 Å². The predicted octanol–water partition coefficient (Wildman–Crippen LogP) is 6.91. The highest BCUT2D eigenvalue weighted by Crippen LogP contribution is 2.62. The molecule has 0 spiro atoms. The zero-order valence-corrected chi connectivity index (χ0v) is 21.6. The zero-order chi connectivity index (χ0) is 26.9. The summed E-state index contributed by atoms with van der Waals surface area (Å²) in [6, 6.07) is 7.56. The van der Waals surface area contributed by atoms with E-state index in [9.17, 15) is 35.1 Å². The highest BCUT2D eigenvalue weighted by atomic mass is 32.3. The van der Waals surface area contributed by atoms with Gasteiger partial charge in [-0.25, -0.2) is 4.39 Å². The minimum atomic E-state index is -6.06. The largest absolute Gasteiger partial charge is 0.534 e. The van der Waals surface area contributed by atoms with E-state index in [-0.39, 0.29) is 22.1 Å². The van der Waals surface area contributed by atoms with Crippen molar-refractivity contribution in [1.82, 2.24) is 0 Å². The Kier molecular flexibility index (Phi) is 8.09. The molecule has 0 bridgehead atoms. The lowest BCUT2D eigenvalue weighted by atomic mass is 9.81. The molecule has 1 atom stereocenters. The normalized spacial score (nSPS) is 20.9. The lowest BCUT2D eigenvalue weighted by Crippen LogP contribution is -2.37. The highest BCUT2D eigenvalue weighted by molar-refractivity contribution is 8.24. The quantitative estimate of drug-likeness (QED) is 0.208. The Bertz CT molecular complexity index is 1190. The lowest BCUT2D eigenvalue weighted by Gasteiger charge is -2.41. The molecule has 2 aromatic carbocycles. The van der Waals surface area contributed by atoms with Crippen LogP contribution in [0.5, 0.6) is 11.5 Å². The molecule has 0 radical (unpaired) electrons. The molecule has 7 nitrogen and oxygen atoms in total. The molecule has 36 heavy (non-hydrogen) atoms. The van der Waals surface area contributed by atoms with Gasteiger partial charge in [-0.1, -0.05) is 26.7 Å². The van der Waals surface area contributed by atoms with Crippen LogP contribution in [0.25, 0.3) is 0 Å². The molecule has 1 unspecified atom stereocenters. The highest BCUT2D eigenvalue weighted by Gasteiger charge is 2.49. The van der Waals surface area contributed by atoms with Crippen LogP contribution >= 0.6 is 10.6 Å². The van der Waals surface area contributed by atoms with Gasteiger partial charge in [-0.2, -0.15) is 32.2 Å². The summed E-state index contributed by atoms with van der Waals surface area (Å²) in [7, 11) is -8.58. The summed E-state index contributed by atoms with van der Waals surface area (Å²) in [6.45, 7) is 4.21. The fraction of sp³-hybridized carbons (Fsp3) is 0.478. The predicted molar refractivity (Wildman–Crippen MR) is 130 cm³/mol. The number of alkyl halides is 3. The van der Waals surface area contributed by atoms with Gasteiger partial charge in [0.15, 0.2) is 11.5 Å². The van der Waals surface area contributed by atoms with E-state index in [0.717, 1.165) is 26.0 Å². The molecule has 0 amide bonds. The van der Waals surface area contributed by atoms with Crippen molar-refractivity contribution in [2.45, 2.75) is 49.9 Å². The van der Waals surface area contributed by atoms with Gasteiger partial charge < -0.3 is 13.8 Å². The number of hydrogen-bond acceptors (Lipinski definition) is 7. The number of halogens is 4. The summed E-state index contributed by atoms with van der Waals surface area (Å²) in [6.07, 6.45) is 2.83. The Morgan fingerprint density at radius 3 is 2.28 bits per heavy atom. The summed E-state index contributed by atoms with van der Waals surface area (Å²) in [5.74, 6) is -1.77. The first kappa shape index (κ1) is 28.4. The molecule has 0 saturated heterocycles. The van der Waals surface area contributed by atoms with E-state index in [4.69, 9.17) is 4.74 Å². The molecule has 0 fully saturated rings. The third kappa shape index (κ3) is 5.68. The summed E-state index contributed by atoms with van der Waals surface area (Å²) >= 11 is 0. The Hall–Kier alpha value is -2.22. The van der Waals surface area contributed by atoms with Crippen LogP contribution in [0, 0.1) is 11.2 Å². The van der Waals surface area contributed by atoms with Gasteiger partial charge >= 0.3 is 15.6 Å². The molecule has 1 aliphatic rings. The van der Waals surface area contributed by atoms with Gasteiger partial charge in [-0.3, -0.25) is 9.11 Å². The third-order valence-corrected chi connectivity index (χ3v) is 9.33. The lowest BCUT2D eigenvalue weighted by molar-refractivity contribution is -0.0500. The average molecular weight is 556 g/mol. The van der Waals surface area contributed by atoms with E-state index in [1.165, 1.54) is 30.3 Å². The number of methoxy groups -OCH3 is 1. The van der Waals surface area contributed by atoms with Crippen LogP contribution in [0.4, 0.5) is 28.9 Å². The number of nitrogens with zero attached hydrogens (tertiary/aromatic N) is 1. The smallest absolute Gasteiger partial charge is 0.493 e. The van der Waals surface area contributed by atoms with Gasteiger partial charge in [0.1, 0.15) is 5.82 Å². The summed E-state index contributed by atoms with van der Waals surface area (Å²) in [5, 5.41) is 0. The van der Waals surface area contributed by atoms with Crippen LogP contribution in [0.15, 0.2) is 41.3 Å². The van der Waals surface area contributed by atoms with Gasteiger partial charge in [0, 0.05) is 35.5 Å². The van der Waals surface area contributed by atoms with Crippen molar-refractivity contribution >= 4 is 32.1 Å². The molecule has 0 aromatic heterocycles. The number of hydrogen-bond donors (Lipinski definition) is 2. The number of anilines is 2. The monoisotopic (exact) mass is 555 g/mol. The van der Waals surface area contributed by atoms with Crippen LogP contribution in [-0.4, -0.2) is 42.4 Å². The maximum Gasteiger partial charge on any atom is 0.534 e. The Balaban J connectivity index is 2.27. The van der Waals surface area contributed by atoms with E-state index in [2.05, 4.69) is 4.18 Å². The molecular weight excluding hydrogens is 526 g/mol. The first-order chi connectivity index (χ1) is 16.7. The average Bonchev–Trinajstić information content (AvgIpc) is 2.89. The van der Waals surface area contributed by atoms with Gasteiger partial charge in [0.2, 0.25) is 0 Å². The molecule has 1 aliphatic heterocycles. The fourth-order valence-corrected chi connectivity index (χ4v) is 7.02. The van der Waals surface area contributed by atoms with Crippen molar-refractivity contribution in [3.8, 4) is 11.5 Å². The van der Waals surface area contributed by atoms with E-state index >= 15 is 0 Å². The summed E-state index contributed by atoms with van der Waals surface area (Å²) < 4.78 is 108. The number of rotatable bonds is 8. The zero-order valence-electron chi connectivity index (χ0n) is 20.0. The van der Waals surface area contributed by atoms with Crippen LogP contribution in [0.1, 0.15) is 39.5 Å². The van der Waals surface area contributed by atoms with E-state index in [0.29, 0.717) is 25.1 Å². The molecular formula is C23H29F4NO6S2. The summed E-state index contributed by atoms with van der Waals surface area (Å²) in [5.41, 5.74) is -5.64. The van der Waals surface area contributed by atoms with E-state index in [1.807, 2.05) is 13.8 Å². The van der Waals surface area contributed by atoms with Crippen molar-refractivity contribution < 1.29 is 44.0 Å². The first-order valence-corrected chi connectivity index (χ1v) is 14.3. The molecule has 1 heterocycles. The van der Waals surface area contributed by atoms with Crippen molar-refractivity contribution in [3.63, 3.8) is 0 Å². The third-order valence-electron chi connectivity index (χ3n) is 6.32. The second-order valence-corrected chi connectivity index (χ2v) is 12.4. The molecule has 2 aromatic rings. The van der Waals surface area contributed by atoms with Crippen LogP contribution in [0.2, 0.25) is 0 Å². The van der Waals surface area contributed by atoms with Crippen molar-refractivity contribution in [2.75, 3.05) is 24.3 Å². The minimum Gasteiger partial charge on any atom is -0.493 e. The van der Waals surface area contributed by atoms with Crippen molar-refractivity contribution in [3.05, 3.63) is 42.2 Å². The first-order valence-electron chi connectivity index (χ1n) is 11.2. The Morgan fingerprint density at radius 1 is 1.11 bits per heavy atom. The molecule has 3 rings (SSSR count). The minimum absolute atomic E-state index is 0.0982. The second-order valence-electron chi connectivity index (χ2n) is 8.78. The van der Waals surface area contributed by atoms with E-state index in [1.54, 1.807) is 4.90 Å². The number of fused-ring (bicyclic) bond motifs is 1. The standard InChI is InChI=1S/C23H29F4NO6S2/c1-4-6-11-22(5-2)14-28(17-9-7-16(24)8-10-17)18-12-19(33-3)20(13-21(18)35(29,30)15-22)34-36(31,32)23(25,26)27/h7-10,12-13,29-30H,4-6,11,14-15H2,1-3H3. The van der Waals surface area contributed by atoms with E-state index < -0.39 is 43.2 Å². The molecule has 2 N–H and O–H groups in total. The van der Waals surface area contributed by atoms with Crippen LogP contribution < -0.4 is 13.8 Å². The Labute approximate surface area is 209 Å². The SMILES string of the molecule is CCCCC1(CC)CN(c2ccc(F)cc2)c2cc(OC)c(OS(=O)(=O)C(F)(F)F)cc2S(O)(O)C1. The Morgan fingerprint density at radius 2 is 1.75 bits per heavy atom. The topological polar surface area (TPSA) is 96.3 Å². The maximum atomic E-state index is 13.7. The van der Waals surface area contributed by atoms with Gasteiger partial charge in [-0.05, 0) is 37.1 Å².